The number of nitrogens with one attached hydrogen (secondary N) is 1. The van der Waals surface area contributed by atoms with Crippen LogP contribution in [0.1, 0.15) is 40.5 Å². The molecule has 0 rings (SSSR count). The second-order valence-corrected chi connectivity index (χ2v) is 5.25. The van der Waals surface area contributed by atoms with Crippen molar-refractivity contribution in [2.45, 2.75) is 46.6 Å². The average Bonchev–Trinajstić information content (AvgIpc) is 2.30. The number of ether oxygens (including phenoxy) is 1. The minimum absolute atomic E-state index is 0.638. The van der Waals surface area contributed by atoms with E-state index in [9.17, 15) is 0 Å². The van der Waals surface area contributed by atoms with Crippen LogP contribution in [0.3, 0.4) is 0 Å². The first-order valence-electron chi connectivity index (χ1n) is 7.04. The molecule has 0 bridgehead atoms. The van der Waals surface area contributed by atoms with E-state index in [-0.39, 0.29) is 0 Å². The van der Waals surface area contributed by atoms with Gasteiger partial charge in [0.25, 0.3) is 0 Å². The highest BCUT2D eigenvalue weighted by molar-refractivity contribution is 4.64. The summed E-state index contributed by atoms with van der Waals surface area (Å²) >= 11 is 0. The summed E-state index contributed by atoms with van der Waals surface area (Å²) in [7, 11) is 1.76. The Morgan fingerprint density at radius 3 is 2.35 bits per heavy atom. The van der Waals surface area contributed by atoms with Crippen molar-refractivity contribution in [3.63, 3.8) is 0 Å². The Labute approximate surface area is 108 Å². The fourth-order valence-electron chi connectivity index (χ4n) is 1.80. The summed E-state index contributed by atoms with van der Waals surface area (Å²) in [5.41, 5.74) is 0. The molecule has 0 aliphatic rings. The van der Waals surface area contributed by atoms with Gasteiger partial charge in [-0.2, -0.15) is 0 Å². The van der Waals surface area contributed by atoms with Crippen LogP contribution >= 0.6 is 0 Å². The zero-order chi connectivity index (χ0) is 13.1. The molecule has 0 aromatic heterocycles. The molecule has 0 aliphatic carbocycles. The topological polar surface area (TPSA) is 24.5 Å². The number of hydrogen-bond acceptors (Lipinski definition) is 3. The number of methoxy groups -OCH3 is 1. The van der Waals surface area contributed by atoms with Gasteiger partial charge in [-0.3, -0.25) is 0 Å². The van der Waals surface area contributed by atoms with Crippen LogP contribution in [0, 0.1) is 5.92 Å². The van der Waals surface area contributed by atoms with Crippen LogP contribution in [-0.4, -0.2) is 50.8 Å². The molecule has 0 saturated heterocycles. The summed E-state index contributed by atoms with van der Waals surface area (Å²) in [6.07, 6.45) is 2.59. The first kappa shape index (κ1) is 16.9. The highest BCUT2D eigenvalue weighted by Gasteiger charge is 2.05. The van der Waals surface area contributed by atoms with Gasteiger partial charge in [0.15, 0.2) is 0 Å². The molecule has 0 heterocycles. The predicted molar refractivity (Wildman–Crippen MR) is 75.5 cm³/mol. The van der Waals surface area contributed by atoms with Gasteiger partial charge in [0, 0.05) is 32.8 Å². The highest BCUT2D eigenvalue weighted by Crippen LogP contribution is 2.05. The molecule has 1 unspecified atom stereocenters. The molecule has 17 heavy (non-hydrogen) atoms. The Morgan fingerprint density at radius 2 is 1.82 bits per heavy atom. The van der Waals surface area contributed by atoms with Crippen molar-refractivity contribution < 1.29 is 4.74 Å². The Bertz CT molecular complexity index is 162. The quantitative estimate of drug-likeness (QED) is 0.604. The summed E-state index contributed by atoms with van der Waals surface area (Å²) in [5, 5.41) is 3.60. The maximum absolute atomic E-state index is 5.10. The van der Waals surface area contributed by atoms with E-state index in [2.05, 4.69) is 37.9 Å². The van der Waals surface area contributed by atoms with Gasteiger partial charge in [-0.1, -0.05) is 20.8 Å². The van der Waals surface area contributed by atoms with Crippen molar-refractivity contribution in [3.8, 4) is 0 Å². The van der Waals surface area contributed by atoms with Gasteiger partial charge >= 0.3 is 0 Å². The summed E-state index contributed by atoms with van der Waals surface area (Å²) in [6, 6.07) is 0.638. The molecule has 104 valence electrons. The van der Waals surface area contributed by atoms with Crippen molar-refractivity contribution in [1.29, 1.82) is 0 Å². The van der Waals surface area contributed by atoms with E-state index in [1.807, 2.05) is 0 Å². The highest BCUT2D eigenvalue weighted by atomic mass is 16.5. The maximum Gasteiger partial charge on any atom is 0.0589 e. The van der Waals surface area contributed by atoms with Crippen molar-refractivity contribution in [1.82, 2.24) is 10.2 Å². The van der Waals surface area contributed by atoms with E-state index in [1.54, 1.807) is 7.11 Å². The zero-order valence-electron chi connectivity index (χ0n) is 12.5. The zero-order valence-corrected chi connectivity index (χ0v) is 12.5. The van der Waals surface area contributed by atoms with Crippen LogP contribution in [-0.2, 0) is 4.74 Å². The van der Waals surface area contributed by atoms with Crippen LogP contribution < -0.4 is 5.32 Å². The van der Waals surface area contributed by atoms with E-state index >= 15 is 0 Å². The standard InChI is InChI=1S/C14H32N2O/c1-6-16(11-12-17-5)10-9-15-14(4)8-7-13(2)3/h13-15H,6-12H2,1-5H3. The van der Waals surface area contributed by atoms with Gasteiger partial charge in [-0.15, -0.1) is 0 Å². The molecule has 0 aromatic rings. The maximum atomic E-state index is 5.10. The van der Waals surface area contributed by atoms with Gasteiger partial charge < -0.3 is 15.0 Å². The normalized spacial score (nSPS) is 13.6. The van der Waals surface area contributed by atoms with Crippen LogP contribution in [0.5, 0.6) is 0 Å². The molecular formula is C14H32N2O. The summed E-state index contributed by atoms with van der Waals surface area (Å²) in [6.45, 7) is 14.2. The molecule has 0 spiro atoms. The molecule has 0 aromatic carbocycles. The third-order valence-electron chi connectivity index (χ3n) is 3.16. The predicted octanol–water partition coefficient (Wildman–Crippen LogP) is 2.37. The van der Waals surface area contributed by atoms with Crippen molar-refractivity contribution >= 4 is 0 Å². The van der Waals surface area contributed by atoms with Gasteiger partial charge in [0.2, 0.25) is 0 Å². The lowest BCUT2D eigenvalue weighted by Crippen LogP contribution is -2.37. The number of likely N-dealkylation sites (N-methyl/N-ethyl adjacent to an activating group) is 1. The lowest BCUT2D eigenvalue weighted by molar-refractivity contribution is 0.150. The SMILES string of the molecule is CCN(CCNC(C)CCC(C)C)CCOC. The Kier molecular flexibility index (Phi) is 10.9. The van der Waals surface area contributed by atoms with Crippen molar-refractivity contribution in [2.75, 3.05) is 39.9 Å². The molecular weight excluding hydrogens is 212 g/mol. The fraction of sp³-hybridized carbons (Fsp3) is 1.00. The second-order valence-electron chi connectivity index (χ2n) is 5.25. The van der Waals surface area contributed by atoms with E-state index in [1.165, 1.54) is 12.8 Å². The molecule has 0 saturated carbocycles. The Balaban J connectivity index is 3.51. The van der Waals surface area contributed by atoms with Crippen LogP contribution in [0.2, 0.25) is 0 Å². The molecule has 3 heteroatoms. The second kappa shape index (κ2) is 11.0. The fourth-order valence-corrected chi connectivity index (χ4v) is 1.80. The van der Waals surface area contributed by atoms with E-state index in [0.717, 1.165) is 38.7 Å². The van der Waals surface area contributed by atoms with E-state index < -0.39 is 0 Å². The van der Waals surface area contributed by atoms with E-state index in [4.69, 9.17) is 4.74 Å². The van der Waals surface area contributed by atoms with Crippen molar-refractivity contribution in [3.05, 3.63) is 0 Å². The van der Waals surface area contributed by atoms with Gasteiger partial charge in [0.05, 0.1) is 6.61 Å². The van der Waals surface area contributed by atoms with Gasteiger partial charge in [-0.05, 0) is 32.2 Å². The smallest absolute Gasteiger partial charge is 0.0589 e. The Hall–Kier alpha value is -0.120. The molecule has 0 fully saturated rings. The average molecular weight is 244 g/mol. The molecule has 1 N–H and O–H groups in total. The molecule has 3 nitrogen and oxygen atoms in total. The number of nitrogens with zero attached hydrogens (tertiary/aromatic N) is 1. The summed E-state index contributed by atoms with van der Waals surface area (Å²) in [5.74, 6) is 0.813. The third-order valence-corrected chi connectivity index (χ3v) is 3.16. The molecule has 0 radical (unpaired) electrons. The molecule has 1 atom stereocenters. The monoisotopic (exact) mass is 244 g/mol. The van der Waals surface area contributed by atoms with Crippen LogP contribution in [0.25, 0.3) is 0 Å². The van der Waals surface area contributed by atoms with Gasteiger partial charge in [0.1, 0.15) is 0 Å². The number of rotatable bonds is 11. The Morgan fingerprint density at radius 1 is 1.12 bits per heavy atom. The largest absolute Gasteiger partial charge is 0.383 e. The third kappa shape index (κ3) is 10.7. The summed E-state index contributed by atoms with van der Waals surface area (Å²) in [4.78, 5) is 2.42. The summed E-state index contributed by atoms with van der Waals surface area (Å²) < 4.78 is 5.10. The lowest BCUT2D eigenvalue weighted by Gasteiger charge is -2.22. The van der Waals surface area contributed by atoms with Crippen LogP contribution in [0.4, 0.5) is 0 Å². The minimum atomic E-state index is 0.638. The van der Waals surface area contributed by atoms with E-state index in [0.29, 0.717) is 6.04 Å². The molecule has 0 aliphatic heterocycles. The first-order valence-corrected chi connectivity index (χ1v) is 7.04. The first-order chi connectivity index (χ1) is 8.10. The number of hydrogen-bond donors (Lipinski definition) is 1. The van der Waals surface area contributed by atoms with Gasteiger partial charge in [-0.25, -0.2) is 0 Å². The lowest BCUT2D eigenvalue weighted by atomic mass is 10.0. The minimum Gasteiger partial charge on any atom is -0.383 e. The van der Waals surface area contributed by atoms with Crippen LogP contribution in [0.15, 0.2) is 0 Å². The molecule has 0 amide bonds. The van der Waals surface area contributed by atoms with Crippen molar-refractivity contribution in [2.24, 2.45) is 5.92 Å².